The van der Waals surface area contributed by atoms with E-state index >= 15 is 0 Å². The van der Waals surface area contributed by atoms with Crippen LogP contribution in [0.3, 0.4) is 0 Å². The molecule has 1 aromatic carbocycles. The Balaban J connectivity index is 2.44. The average Bonchev–Trinajstić information content (AvgIpc) is 2.28. The van der Waals surface area contributed by atoms with Gasteiger partial charge in [-0.1, -0.05) is 23.8 Å². The fraction of sp³-hybridized carbons (Fsp3) is 0.286. The van der Waals surface area contributed by atoms with E-state index in [9.17, 15) is 5.11 Å². The summed E-state index contributed by atoms with van der Waals surface area (Å²) in [4.78, 5) is 8.74. The smallest absolute Gasteiger partial charge is 0.159 e. The van der Waals surface area contributed by atoms with E-state index in [2.05, 4.69) is 16.0 Å². The van der Waals surface area contributed by atoms with E-state index in [4.69, 9.17) is 0 Å². The second-order valence-corrected chi connectivity index (χ2v) is 4.28. The van der Waals surface area contributed by atoms with Crippen molar-refractivity contribution in [3.8, 4) is 11.4 Å². The summed E-state index contributed by atoms with van der Waals surface area (Å²) in [5.41, 5.74) is 3.79. The molecule has 1 heterocycles. The molecule has 0 amide bonds. The summed E-state index contributed by atoms with van der Waals surface area (Å²) in [5, 5.41) is 9.53. The zero-order valence-electron chi connectivity index (χ0n) is 10.3. The quantitative estimate of drug-likeness (QED) is 0.859. The molecule has 0 radical (unpaired) electrons. The standard InChI is InChI=1S/C14H16N2O/c1-9-5-4-6-12(7-9)14-15-8-13(11(3)17)10(2)16-14/h4-8,11,17H,1-3H3. The molecule has 1 atom stereocenters. The predicted molar refractivity (Wildman–Crippen MR) is 67.6 cm³/mol. The summed E-state index contributed by atoms with van der Waals surface area (Å²) in [6.07, 6.45) is 1.17. The highest BCUT2D eigenvalue weighted by atomic mass is 16.3. The van der Waals surface area contributed by atoms with Crippen molar-refractivity contribution in [1.82, 2.24) is 9.97 Å². The Labute approximate surface area is 101 Å². The molecule has 0 fully saturated rings. The minimum absolute atomic E-state index is 0.526. The largest absolute Gasteiger partial charge is 0.389 e. The van der Waals surface area contributed by atoms with E-state index in [-0.39, 0.29) is 0 Å². The number of nitrogens with zero attached hydrogens (tertiary/aromatic N) is 2. The number of benzene rings is 1. The van der Waals surface area contributed by atoms with Crippen molar-refractivity contribution in [1.29, 1.82) is 0 Å². The number of aliphatic hydroxyl groups excluding tert-OH is 1. The molecular weight excluding hydrogens is 212 g/mol. The fourth-order valence-electron chi connectivity index (χ4n) is 1.81. The van der Waals surface area contributed by atoms with Crippen LogP contribution < -0.4 is 0 Å². The summed E-state index contributed by atoms with van der Waals surface area (Å²) in [5.74, 6) is 0.704. The third-order valence-electron chi connectivity index (χ3n) is 2.74. The molecule has 1 N–H and O–H groups in total. The van der Waals surface area contributed by atoms with Crippen molar-refractivity contribution in [3.05, 3.63) is 47.3 Å². The first kappa shape index (κ1) is 11.7. The van der Waals surface area contributed by atoms with Crippen molar-refractivity contribution in [2.24, 2.45) is 0 Å². The van der Waals surface area contributed by atoms with Gasteiger partial charge < -0.3 is 5.11 Å². The van der Waals surface area contributed by atoms with Crippen LogP contribution in [0.2, 0.25) is 0 Å². The third kappa shape index (κ3) is 2.50. The van der Waals surface area contributed by atoms with Crippen LogP contribution in [0.4, 0.5) is 0 Å². The SMILES string of the molecule is Cc1cccc(-c2ncc(C(C)O)c(C)n2)c1. The van der Waals surface area contributed by atoms with Crippen molar-refractivity contribution in [2.75, 3.05) is 0 Å². The molecule has 1 unspecified atom stereocenters. The van der Waals surface area contributed by atoms with Gasteiger partial charge in [-0.2, -0.15) is 0 Å². The molecule has 1 aromatic heterocycles. The van der Waals surface area contributed by atoms with E-state index in [1.54, 1.807) is 13.1 Å². The number of rotatable bonds is 2. The molecule has 2 rings (SSSR count). The Morgan fingerprint density at radius 3 is 2.59 bits per heavy atom. The minimum Gasteiger partial charge on any atom is -0.389 e. The van der Waals surface area contributed by atoms with Crippen molar-refractivity contribution < 1.29 is 5.11 Å². The van der Waals surface area contributed by atoms with Gasteiger partial charge in [-0.3, -0.25) is 0 Å². The number of hydrogen-bond acceptors (Lipinski definition) is 3. The van der Waals surface area contributed by atoms with Gasteiger partial charge in [0.1, 0.15) is 0 Å². The Morgan fingerprint density at radius 1 is 1.24 bits per heavy atom. The number of aliphatic hydroxyl groups is 1. The van der Waals surface area contributed by atoms with Crippen LogP contribution in [0.5, 0.6) is 0 Å². The predicted octanol–water partition coefficient (Wildman–Crippen LogP) is 2.81. The van der Waals surface area contributed by atoms with Gasteiger partial charge in [0.2, 0.25) is 0 Å². The van der Waals surface area contributed by atoms with Crippen LogP contribution in [0, 0.1) is 13.8 Å². The molecule has 0 aliphatic rings. The van der Waals surface area contributed by atoms with Gasteiger partial charge in [-0.25, -0.2) is 9.97 Å². The van der Waals surface area contributed by atoms with E-state index < -0.39 is 6.10 Å². The summed E-state index contributed by atoms with van der Waals surface area (Å²) in [6.45, 7) is 5.65. The molecule has 88 valence electrons. The molecule has 3 nitrogen and oxygen atoms in total. The van der Waals surface area contributed by atoms with Gasteiger partial charge in [0, 0.05) is 23.0 Å². The fourth-order valence-corrected chi connectivity index (χ4v) is 1.81. The molecular formula is C14H16N2O. The molecule has 0 spiro atoms. The summed E-state index contributed by atoms with van der Waals surface area (Å²) < 4.78 is 0. The van der Waals surface area contributed by atoms with Gasteiger partial charge in [0.25, 0.3) is 0 Å². The Bertz CT molecular complexity index is 535. The van der Waals surface area contributed by atoms with Crippen molar-refractivity contribution in [3.63, 3.8) is 0 Å². The number of hydrogen-bond donors (Lipinski definition) is 1. The molecule has 2 aromatic rings. The molecule has 0 saturated heterocycles. The summed E-state index contributed by atoms with van der Waals surface area (Å²) in [7, 11) is 0. The maximum absolute atomic E-state index is 9.53. The molecule has 0 saturated carbocycles. The highest BCUT2D eigenvalue weighted by Crippen LogP contribution is 2.20. The van der Waals surface area contributed by atoms with E-state index in [0.29, 0.717) is 5.82 Å². The monoisotopic (exact) mass is 228 g/mol. The van der Waals surface area contributed by atoms with Crippen molar-refractivity contribution >= 4 is 0 Å². The van der Waals surface area contributed by atoms with Gasteiger partial charge in [-0.15, -0.1) is 0 Å². The van der Waals surface area contributed by atoms with Crippen molar-refractivity contribution in [2.45, 2.75) is 26.9 Å². The maximum atomic E-state index is 9.53. The maximum Gasteiger partial charge on any atom is 0.159 e. The highest BCUT2D eigenvalue weighted by molar-refractivity contribution is 5.56. The molecule has 3 heteroatoms. The summed E-state index contributed by atoms with van der Waals surface area (Å²) >= 11 is 0. The van der Waals surface area contributed by atoms with Gasteiger partial charge >= 0.3 is 0 Å². The first-order valence-electron chi connectivity index (χ1n) is 5.66. The first-order valence-corrected chi connectivity index (χ1v) is 5.66. The van der Waals surface area contributed by atoms with Crippen LogP contribution in [-0.4, -0.2) is 15.1 Å². The van der Waals surface area contributed by atoms with Crippen LogP contribution in [0.15, 0.2) is 30.5 Å². The van der Waals surface area contributed by atoms with E-state index in [1.807, 2.05) is 32.0 Å². The minimum atomic E-state index is -0.526. The third-order valence-corrected chi connectivity index (χ3v) is 2.74. The van der Waals surface area contributed by atoms with Crippen LogP contribution in [0.25, 0.3) is 11.4 Å². The molecule has 0 bridgehead atoms. The lowest BCUT2D eigenvalue weighted by molar-refractivity contribution is 0.197. The average molecular weight is 228 g/mol. The van der Waals surface area contributed by atoms with Gasteiger partial charge in [0.05, 0.1) is 6.10 Å². The normalized spacial score (nSPS) is 12.5. The molecule has 0 aliphatic heterocycles. The lowest BCUT2D eigenvalue weighted by Gasteiger charge is -2.09. The van der Waals surface area contributed by atoms with Crippen LogP contribution in [0.1, 0.15) is 29.8 Å². The van der Waals surface area contributed by atoms with Gasteiger partial charge in [0.15, 0.2) is 5.82 Å². The first-order chi connectivity index (χ1) is 8.08. The molecule has 17 heavy (non-hydrogen) atoms. The zero-order chi connectivity index (χ0) is 12.4. The van der Waals surface area contributed by atoms with E-state index in [0.717, 1.165) is 16.8 Å². The lowest BCUT2D eigenvalue weighted by Crippen LogP contribution is -2.01. The lowest BCUT2D eigenvalue weighted by atomic mass is 10.1. The zero-order valence-corrected chi connectivity index (χ0v) is 10.3. The second kappa shape index (κ2) is 4.63. The molecule has 0 aliphatic carbocycles. The van der Waals surface area contributed by atoms with E-state index in [1.165, 1.54) is 5.56 Å². The summed E-state index contributed by atoms with van der Waals surface area (Å²) in [6, 6.07) is 8.08. The van der Waals surface area contributed by atoms with Crippen LogP contribution >= 0.6 is 0 Å². The Kier molecular flexibility index (Phi) is 3.20. The van der Waals surface area contributed by atoms with Crippen LogP contribution in [-0.2, 0) is 0 Å². The number of aromatic nitrogens is 2. The Hall–Kier alpha value is -1.74. The van der Waals surface area contributed by atoms with Gasteiger partial charge in [-0.05, 0) is 26.8 Å². The number of aryl methyl sites for hydroxylation is 2. The second-order valence-electron chi connectivity index (χ2n) is 4.28. The Morgan fingerprint density at radius 2 is 2.00 bits per heavy atom. The highest BCUT2D eigenvalue weighted by Gasteiger charge is 2.09. The topological polar surface area (TPSA) is 46.0 Å².